The molecule has 1 heterocycles. The highest BCUT2D eigenvalue weighted by atomic mass is 15.2. The van der Waals surface area contributed by atoms with E-state index in [2.05, 4.69) is 29.8 Å². The second kappa shape index (κ2) is 6.49. The fourth-order valence-corrected chi connectivity index (χ4v) is 3.34. The summed E-state index contributed by atoms with van der Waals surface area (Å²) in [7, 11) is 0. The highest BCUT2D eigenvalue weighted by Crippen LogP contribution is 2.33. The number of aromatic nitrogens is 1. The first-order chi connectivity index (χ1) is 9.22. The molecule has 1 aromatic rings. The number of nitrogens with two attached hydrogens (primary N) is 1. The first-order valence-electron chi connectivity index (χ1n) is 7.57. The molecule has 2 N–H and O–H groups in total. The lowest BCUT2D eigenvalue weighted by Crippen LogP contribution is -2.54. The van der Waals surface area contributed by atoms with Crippen LogP contribution in [0.3, 0.4) is 0 Å². The Morgan fingerprint density at radius 3 is 2.63 bits per heavy atom. The molecule has 0 aliphatic heterocycles. The average Bonchev–Trinajstić information content (AvgIpc) is 2.47. The molecule has 2 rings (SSSR count). The molecule has 0 amide bonds. The molecule has 0 aromatic carbocycles. The second-order valence-corrected chi connectivity index (χ2v) is 5.77. The van der Waals surface area contributed by atoms with Gasteiger partial charge in [0, 0.05) is 24.8 Å². The summed E-state index contributed by atoms with van der Waals surface area (Å²) in [4.78, 5) is 7.10. The number of likely N-dealkylation sites (N-methyl/N-ethyl adjacent to an activating group) is 1. The smallest absolute Gasteiger partial charge is 0.0573 e. The number of hydrogen-bond donors (Lipinski definition) is 1. The average molecular weight is 261 g/mol. The number of rotatable bonds is 5. The van der Waals surface area contributed by atoms with Crippen LogP contribution in [0, 0.1) is 6.92 Å². The summed E-state index contributed by atoms with van der Waals surface area (Å²) in [6.45, 7) is 7.14. The van der Waals surface area contributed by atoms with Crippen molar-refractivity contribution < 1.29 is 0 Å². The van der Waals surface area contributed by atoms with Crippen molar-refractivity contribution in [1.29, 1.82) is 0 Å². The van der Waals surface area contributed by atoms with Gasteiger partial charge in [-0.05, 0) is 37.9 Å². The fourth-order valence-electron chi connectivity index (χ4n) is 3.34. The van der Waals surface area contributed by atoms with Gasteiger partial charge in [0.1, 0.15) is 0 Å². The van der Waals surface area contributed by atoms with Gasteiger partial charge in [-0.25, -0.2) is 0 Å². The standard InChI is InChI=1S/C16H27N3/c1-3-19(12-15-14(2)8-7-11-18-15)16(13-17)9-5-4-6-10-16/h7-8,11H,3-6,9-10,12-13,17H2,1-2H3. The molecule has 0 radical (unpaired) electrons. The van der Waals surface area contributed by atoms with Gasteiger partial charge in [0.2, 0.25) is 0 Å². The van der Waals surface area contributed by atoms with Gasteiger partial charge in [-0.1, -0.05) is 32.3 Å². The van der Waals surface area contributed by atoms with Crippen molar-refractivity contribution in [2.75, 3.05) is 13.1 Å². The second-order valence-electron chi connectivity index (χ2n) is 5.77. The Balaban J connectivity index is 2.17. The molecule has 106 valence electrons. The van der Waals surface area contributed by atoms with Gasteiger partial charge in [-0.2, -0.15) is 0 Å². The third kappa shape index (κ3) is 3.15. The van der Waals surface area contributed by atoms with E-state index in [1.165, 1.54) is 43.4 Å². The maximum absolute atomic E-state index is 6.14. The van der Waals surface area contributed by atoms with Gasteiger partial charge in [0.05, 0.1) is 5.69 Å². The zero-order chi connectivity index (χ0) is 13.7. The number of aryl methyl sites for hydroxylation is 1. The van der Waals surface area contributed by atoms with Crippen molar-refractivity contribution in [3.05, 3.63) is 29.6 Å². The zero-order valence-electron chi connectivity index (χ0n) is 12.4. The van der Waals surface area contributed by atoms with E-state index >= 15 is 0 Å². The van der Waals surface area contributed by atoms with Crippen LogP contribution in [0.4, 0.5) is 0 Å². The molecule has 0 saturated heterocycles. The molecule has 19 heavy (non-hydrogen) atoms. The Kier molecular flexibility index (Phi) is 4.94. The summed E-state index contributed by atoms with van der Waals surface area (Å²) < 4.78 is 0. The van der Waals surface area contributed by atoms with E-state index in [9.17, 15) is 0 Å². The predicted octanol–water partition coefficient (Wildman–Crippen LogP) is 2.87. The maximum Gasteiger partial charge on any atom is 0.0573 e. The van der Waals surface area contributed by atoms with Crippen molar-refractivity contribution in [3.63, 3.8) is 0 Å². The van der Waals surface area contributed by atoms with Crippen LogP contribution >= 0.6 is 0 Å². The summed E-state index contributed by atoms with van der Waals surface area (Å²) in [5.41, 5.74) is 8.83. The molecule has 1 aliphatic carbocycles. The van der Waals surface area contributed by atoms with Crippen molar-refractivity contribution in [2.45, 2.75) is 58.0 Å². The van der Waals surface area contributed by atoms with Gasteiger partial charge in [0.25, 0.3) is 0 Å². The molecule has 0 spiro atoms. The van der Waals surface area contributed by atoms with Crippen LogP contribution in [-0.4, -0.2) is 28.5 Å². The van der Waals surface area contributed by atoms with Crippen LogP contribution in [0.1, 0.15) is 50.3 Å². The van der Waals surface area contributed by atoms with Crippen LogP contribution in [-0.2, 0) is 6.54 Å². The van der Waals surface area contributed by atoms with Crippen molar-refractivity contribution in [3.8, 4) is 0 Å². The summed E-state index contributed by atoms with van der Waals surface area (Å²) >= 11 is 0. The zero-order valence-corrected chi connectivity index (χ0v) is 12.4. The summed E-state index contributed by atoms with van der Waals surface area (Å²) in [6.07, 6.45) is 8.37. The summed E-state index contributed by atoms with van der Waals surface area (Å²) in [5, 5.41) is 0. The van der Waals surface area contributed by atoms with E-state index in [0.717, 1.165) is 19.6 Å². The van der Waals surface area contributed by atoms with E-state index in [1.54, 1.807) is 0 Å². The van der Waals surface area contributed by atoms with E-state index < -0.39 is 0 Å². The lowest BCUT2D eigenvalue weighted by molar-refractivity contribution is 0.0534. The van der Waals surface area contributed by atoms with Gasteiger partial charge in [-0.3, -0.25) is 9.88 Å². The number of pyridine rings is 1. The third-order valence-electron chi connectivity index (χ3n) is 4.68. The van der Waals surface area contributed by atoms with Gasteiger partial charge in [-0.15, -0.1) is 0 Å². The minimum absolute atomic E-state index is 0.205. The minimum Gasteiger partial charge on any atom is -0.329 e. The monoisotopic (exact) mass is 261 g/mol. The molecule has 3 heteroatoms. The lowest BCUT2D eigenvalue weighted by Gasteiger charge is -2.45. The normalized spacial score (nSPS) is 18.7. The summed E-state index contributed by atoms with van der Waals surface area (Å²) in [6, 6.07) is 4.15. The molecule has 0 unspecified atom stereocenters. The molecule has 1 fully saturated rings. The fraction of sp³-hybridized carbons (Fsp3) is 0.688. The minimum atomic E-state index is 0.205. The van der Waals surface area contributed by atoms with Crippen molar-refractivity contribution in [2.24, 2.45) is 5.73 Å². The van der Waals surface area contributed by atoms with Crippen LogP contribution in [0.25, 0.3) is 0 Å². The molecule has 1 aromatic heterocycles. The largest absolute Gasteiger partial charge is 0.329 e. The van der Waals surface area contributed by atoms with Crippen molar-refractivity contribution >= 4 is 0 Å². The Bertz CT molecular complexity index is 397. The first-order valence-corrected chi connectivity index (χ1v) is 7.57. The van der Waals surface area contributed by atoms with E-state index in [0.29, 0.717) is 0 Å². The number of nitrogens with zero attached hydrogens (tertiary/aromatic N) is 2. The Morgan fingerprint density at radius 1 is 1.32 bits per heavy atom. The molecule has 0 bridgehead atoms. The van der Waals surface area contributed by atoms with E-state index in [-0.39, 0.29) is 5.54 Å². The lowest BCUT2D eigenvalue weighted by atomic mass is 9.80. The van der Waals surface area contributed by atoms with Crippen LogP contribution in [0.5, 0.6) is 0 Å². The number of hydrogen-bond acceptors (Lipinski definition) is 3. The molecule has 3 nitrogen and oxygen atoms in total. The SMILES string of the molecule is CCN(Cc1ncccc1C)C1(CN)CCCCC1. The maximum atomic E-state index is 6.14. The van der Waals surface area contributed by atoms with Gasteiger partial charge >= 0.3 is 0 Å². The highest BCUT2D eigenvalue weighted by Gasteiger charge is 2.36. The van der Waals surface area contributed by atoms with Crippen molar-refractivity contribution in [1.82, 2.24) is 9.88 Å². The molecule has 1 saturated carbocycles. The van der Waals surface area contributed by atoms with Crippen LogP contribution < -0.4 is 5.73 Å². The van der Waals surface area contributed by atoms with Gasteiger partial charge < -0.3 is 5.73 Å². The Hall–Kier alpha value is -0.930. The molecule has 1 aliphatic rings. The van der Waals surface area contributed by atoms with Gasteiger partial charge in [0.15, 0.2) is 0 Å². The first kappa shape index (κ1) is 14.5. The predicted molar refractivity (Wildman–Crippen MR) is 79.9 cm³/mol. The van der Waals surface area contributed by atoms with Crippen LogP contribution in [0.2, 0.25) is 0 Å². The van der Waals surface area contributed by atoms with Crippen LogP contribution in [0.15, 0.2) is 18.3 Å². The highest BCUT2D eigenvalue weighted by molar-refractivity contribution is 5.18. The Labute approximate surface area is 117 Å². The third-order valence-corrected chi connectivity index (χ3v) is 4.68. The Morgan fingerprint density at radius 2 is 2.05 bits per heavy atom. The molecular formula is C16H27N3. The van der Waals surface area contributed by atoms with E-state index in [1.807, 2.05) is 12.3 Å². The molecule has 0 atom stereocenters. The summed E-state index contributed by atoms with van der Waals surface area (Å²) in [5.74, 6) is 0. The van der Waals surface area contributed by atoms with E-state index in [4.69, 9.17) is 5.73 Å². The molecular weight excluding hydrogens is 234 g/mol. The quantitative estimate of drug-likeness (QED) is 0.886. The topological polar surface area (TPSA) is 42.2 Å².